The Labute approximate surface area is 178 Å². The van der Waals surface area contributed by atoms with Gasteiger partial charge in [-0.2, -0.15) is 5.26 Å². The Hall–Kier alpha value is -3.77. The normalized spacial score (nSPS) is 13.9. The first-order chi connectivity index (χ1) is 14.8. The molecule has 9 heteroatoms. The Bertz CT molecular complexity index is 1250. The zero-order valence-electron chi connectivity index (χ0n) is 17.4. The van der Waals surface area contributed by atoms with Gasteiger partial charge in [-0.1, -0.05) is 6.07 Å². The quantitative estimate of drug-likeness (QED) is 0.696. The standard InChI is InChI=1S/C22H21FN6O2/c1-13-17(6-4-14(8-24)20(13)23)18-10-26-29(22(18)31)19-7-5-15(9-25-19)21(30)28-11-16(12-28)27(2)3/h4-7,9-10,16,26H,11-12H2,1-3H3. The molecule has 0 atom stereocenters. The lowest BCUT2D eigenvalue weighted by Gasteiger charge is -2.42. The summed E-state index contributed by atoms with van der Waals surface area (Å²) in [4.78, 5) is 33.5. The topological polar surface area (TPSA) is 98.0 Å². The van der Waals surface area contributed by atoms with Crippen molar-refractivity contribution >= 4 is 5.91 Å². The van der Waals surface area contributed by atoms with Crippen molar-refractivity contribution in [2.75, 3.05) is 27.2 Å². The summed E-state index contributed by atoms with van der Waals surface area (Å²) in [5.41, 5.74) is 0.857. The molecule has 1 amide bonds. The first kappa shape index (κ1) is 20.5. The Morgan fingerprint density at radius 3 is 2.61 bits per heavy atom. The molecular weight excluding hydrogens is 399 g/mol. The molecule has 31 heavy (non-hydrogen) atoms. The number of aromatic amines is 1. The van der Waals surface area contributed by atoms with Crippen LogP contribution in [0.25, 0.3) is 16.9 Å². The maximum absolute atomic E-state index is 14.3. The number of hydrogen-bond acceptors (Lipinski definition) is 5. The number of hydrogen-bond donors (Lipinski definition) is 1. The average molecular weight is 420 g/mol. The third-order valence-electron chi connectivity index (χ3n) is 5.67. The van der Waals surface area contributed by atoms with E-state index >= 15 is 0 Å². The number of aromatic nitrogens is 3. The molecule has 1 aliphatic rings. The predicted molar refractivity (Wildman–Crippen MR) is 112 cm³/mol. The van der Waals surface area contributed by atoms with Crippen LogP contribution in [0.1, 0.15) is 21.5 Å². The van der Waals surface area contributed by atoms with E-state index in [1.807, 2.05) is 14.1 Å². The summed E-state index contributed by atoms with van der Waals surface area (Å²) >= 11 is 0. The number of likely N-dealkylation sites (N-methyl/N-ethyl adjacent to an activating group) is 1. The number of rotatable bonds is 4. The summed E-state index contributed by atoms with van der Waals surface area (Å²) in [6, 6.07) is 8.27. The third kappa shape index (κ3) is 3.51. The predicted octanol–water partition coefficient (Wildman–Crippen LogP) is 1.93. The van der Waals surface area contributed by atoms with Gasteiger partial charge in [-0.05, 0) is 50.3 Å². The zero-order chi connectivity index (χ0) is 22.3. The molecule has 1 fully saturated rings. The fourth-order valence-electron chi connectivity index (χ4n) is 3.57. The highest BCUT2D eigenvalue weighted by atomic mass is 19.1. The minimum atomic E-state index is -0.643. The number of nitrogens with one attached hydrogen (secondary N) is 1. The molecule has 0 spiro atoms. The summed E-state index contributed by atoms with van der Waals surface area (Å²) in [7, 11) is 3.97. The molecular formula is C22H21FN6O2. The van der Waals surface area contributed by atoms with Crippen LogP contribution in [-0.4, -0.2) is 63.7 Å². The van der Waals surface area contributed by atoms with Crippen LogP contribution < -0.4 is 5.56 Å². The monoisotopic (exact) mass is 420 g/mol. The van der Waals surface area contributed by atoms with Gasteiger partial charge in [0.2, 0.25) is 0 Å². The Morgan fingerprint density at radius 2 is 2.00 bits per heavy atom. The lowest BCUT2D eigenvalue weighted by atomic mass is 10.0. The molecule has 1 saturated heterocycles. The molecule has 0 saturated carbocycles. The number of carbonyl (C=O) groups is 1. The van der Waals surface area contributed by atoms with Gasteiger partial charge in [-0.25, -0.2) is 14.1 Å². The van der Waals surface area contributed by atoms with Crippen LogP contribution >= 0.6 is 0 Å². The van der Waals surface area contributed by atoms with Gasteiger partial charge in [-0.15, -0.1) is 0 Å². The van der Waals surface area contributed by atoms with Crippen LogP contribution in [0.3, 0.4) is 0 Å². The molecule has 0 aliphatic carbocycles. The van der Waals surface area contributed by atoms with E-state index in [2.05, 4.69) is 15.0 Å². The van der Waals surface area contributed by atoms with Gasteiger partial charge in [0.1, 0.15) is 11.9 Å². The fourth-order valence-corrected chi connectivity index (χ4v) is 3.57. The van der Waals surface area contributed by atoms with Crippen LogP contribution in [0.4, 0.5) is 4.39 Å². The molecule has 2 aromatic heterocycles. The summed E-state index contributed by atoms with van der Waals surface area (Å²) < 4.78 is 15.5. The van der Waals surface area contributed by atoms with E-state index in [0.717, 1.165) is 0 Å². The molecule has 158 valence electrons. The molecule has 1 N–H and O–H groups in total. The molecule has 3 aromatic rings. The molecule has 3 heterocycles. The van der Waals surface area contributed by atoms with Gasteiger partial charge in [-0.3, -0.25) is 14.7 Å². The van der Waals surface area contributed by atoms with Crippen molar-refractivity contribution in [2.24, 2.45) is 0 Å². The van der Waals surface area contributed by atoms with Gasteiger partial charge >= 0.3 is 0 Å². The molecule has 0 unspecified atom stereocenters. The van der Waals surface area contributed by atoms with Crippen LogP contribution in [-0.2, 0) is 0 Å². The van der Waals surface area contributed by atoms with Crippen molar-refractivity contribution < 1.29 is 9.18 Å². The third-order valence-corrected chi connectivity index (χ3v) is 5.67. The van der Waals surface area contributed by atoms with Crippen LogP contribution in [0.15, 0.2) is 41.5 Å². The maximum atomic E-state index is 14.3. The number of nitriles is 1. The first-order valence-corrected chi connectivity index (χ1v) is 9.74. The van der Waals surface area contributed by atoms with E-state index in [4.69, 9.17) is 5.26 Å². The van der Waals surface area contributed by atoms with Gasteiger partial charge in [0.05, 0.1) is 16.7 Å². The molecule has 1 aliphatic heterocycles. The van der Waals surface area contributed by atoms with Crippen LogP contribution in [0, 0.1) is 24.1 Å². The number of H-pyrrole nitrogens is 1. The highest BCUT2D eigenvalue weighted by Crippen LogP contribution is 2.25. The Balaban J connectivity index is 1.58. The Morgan fingerprint density at radius 1 is 1.26 bits per heavy atom. The second-order valence-electron chi connectivity index (χ2n) is 7.77. The summed E-state index contributed by atoms with van der Waals surface area (Å²) in [5, 5.41) is 11.8. The van der Waals surface area contributed by atoms with E-state index in [0.29, 0.717) is 36.1 Å². The van der Waals surface area contributed by atoms with Crippen molar-refractivity contribution in [1.29, 1.82) is 5.26 Å². The van der Waals surface area contributed by atoms with Crippen LogP contribution in [0.5, 0.6) is 0 Å². The van der Waals surface area contributed by atoms with E-state index in [1.165, 1.54) is 30.1 Å². The molecule has 8 nitrogen and oxygen atoms in total. The second-order valence-corrected chi connectivity index (χ2v) is 7.77. The van der Waals surface area contributed by atoms with Gasteiger partial charge in [0.15, 0.2) is 5.82 Å². The number of nitrogens with zero attached hydrogens (tertiary/aromatic N) is 5. The summed E-state index contributed by atoms with van der Waals surface area (Å²) in [6.07, 6.45) is 2.92. The number of halogens is 1. The number of carbonyl (C=O) groups excluding carboxylic acids is 1. The van der Waals surface area contributed by atoms with Crippen molar-refractivity contribution in [3.63, 3.8) is 0 Å². The van der Waals surface area contributed by atoms with Crippen molar-refractivity contribution in [3.8, 4) is 23.0 Å². The maximum Gasteiger partial charge on any atom is 0.280 e. The number of benzene rings is 1. The SMILES string of the molecule is Cc1c(-c2c[nH]n(-c3ccc(C(=O)N4CC(N(C)C)C4)cn3)c2=O)ccc(C#N)c1F. The minimum absolute atomic E-state index is 0.0712. The summed E-state index contributed by atoms with van der Waals surface area (Å²) in [5.74, 6) is -0.426. The number of pyridine rings is 1. The zero-order valence-corrected chi connectivity index (χ0v) is 17.4. The van der Waals surface area contributed by atoms with Crippen molar-refractivity contribution in [1.82, 2.24) is 24.6 Å². The minimum Gasteiger partial charge on any atom is -0.335 e. The van der Waals surface area contributed by atoms with E-state index in [1.54, 1.807) is 29.2 Å². The number of amides is 1. The highest BCUT2D eigenvalue weighted by Gasteiger charge is 2.32. The van der Waals surface area contributed by atoms with Crippen LogP contribution in [0.2, 0.25) is 0 Å². The largest absolute Gasteiger partial charge is 0.335 e. The van der Waals surface area contributed by atoms with Crippen molar-refractivity contribution in [3.05, 3.63) is 69.5 Å². The van der Waals surface area contributed by atoms with Gasteiger partial charge in [0, 0.05) is 31.5 Å². The second kappa shape index (κ2) is 7.81. The van der Waals surface area contributed by atoms with E-state index in [-0.39, 0.29) is 22.6 Å². The highest BCUT2D eigenvalue weighted by molar-refractivity contribution is 5.94. The molecule has 0 radical (unpaired) electrons. The number of likely N-dealkylation sites (tertiary alicyclic amines) is 1. The molecule has 4 rings (SSSR count). The lowest BCUT2D eigenvalue weighted by Crippen LogP contribution is -2.59. The molecule has 0 bridgehead atoms. The Kier molecular flexibility index (Phi) is 5.17. The summed E-state index contributed by atoms with van der Waals surface area (Å²) in [6.45, 7) is 2.87. The van der Waals surface area contributed by atoms with Crippen molar-refractivity contribution in [2.45, 2.75) is 13.0 Å². The van der Waals surface area contributed by atoms with E-state index < -0.39 is 11.4 Å². The van der Waals surface area contributed by atoms with E-state index in [9.17, 15) is 14.0 Å². The lowest BCUT2D eigenvalue weighted by molar-refractivity contribution is 0.0399. The van der Waals surface area contributed by atoms with Gasteiger partial charge in [0.25, 0.3) is 11.5 Å². The fraction of sp³-hybridized carbons (Fsp3) is 0.273. The van der Waals surface area contributed by atoms with Gasteiger partial charge < -0.3 is 9.80 Å². The average Bonchev–Trinajstić information content (AvgIpc) is 3.09. The smallest absolute Gasteiger partial charge is 0.280 e. The molecule has 1 aromatic carbocycles. The first-order valence-electron chi connectivity index (χ1n) is 9.74.